The molecule has 2 heterocycles. The number of fused-ring (bicyclic) bond motifs is 2. The molecule has 2 unspecified atom stereocenters. The molecule has 2 bridgehead atoms. The van der Waals surface area contributed by atoms with Crippen LogP contribution in [0.3, 0.4) is 0 Å². The van der Waals surface area contributed by atoms with Crippen molar-refractivity contribution in [2.75, 3.05) is 6.61 Å². The van der Waals surface area contributed by atoms with E-state index in [4.69, 9.17) is 9.47 Å². The van der Waals surface area contributed by atoms with Gasteiger partial charge in [-0.2, -0.15) is 0 Å². The zero-order valence-electron chi connectivity index (χ0n) is 13.3. The second kappa shape index (κ2) is 6.08. The summed E-state index contributed by atoms with van der Waals surface area (Å²) in [7, 11) is 0. The van der Waals surface area contributed by atoms with Crippen LogP contribution in [0.2, 0.25) is 0 Å². The van der Waals surface area contributed by atoms with Crippen LogP contribution in [0.4, 0.5) is 4.79 Å². The zero-order valence-corrected chi connectivity index (χ0v) is 13.3. The first kappa shape index (κ1) is 15.9. The molecule has 0 aliphatic carbocycles. The molecule has 21 heavy (non-hydrogen) atoms. The second-order valence-corrected chi connectivity index (χ2v) is 6.64. The summed E-state index contributed by atoms with van der Waals surface area (Å²) in [5, 5.41) is 0. The molecule has 0 aromatic heterocycles. The second-order valence-electron chi connectivity index (χ2n) is 6.64. The molecule has 2 rings (SSSR count). The number of rotatable bonds is 2. The lowest BCUT2D eigenvalue weighted by Crippen LogP contribution is -2.47. The lowest BCUT2D eigenvalue weighted by atomic mass is 9.96. The van der Waals surface area contributed by atoms with Crippen molar-refractivity contribution in [1.82, 2.24) is 4.90 Å². The highest BCUT2D eigenvalue weighted by atomic mass is 16.6. The van der Waals surface area contributed by atoms with E-state index in [-0.39, 0.29) is 24.1 Å². The quantitative estimate of drug-likeness (QED) is 0.580. The monoisotopic (exact) mass is 295 g/mol. The maximum Gasteiger partial charge on any atom is 0.411 e. The molecule has 5 nitrogen and oxygen atoms in total. The van der Waals surface area contributed by atoms with Crippen LogP contribution in [0, 0.1) is 0 Å². The number of piperidine rings is 1. The summed E-state index contributed by atoms with van der Waals surface area (Å²) in [5.74, 6) is -0.318. The third-order valence-electron chi connectivity index (χ3n) is 3.89. The third kappa shape index (κ3) is 3.77. The van der Waals surface area contributed by atoms with E-state index in [0.29, 0.717) is 6.61 Å². The number of carbonyl (C=O) groups excluding carboxylic acids is 2. The van der Waals surface area contributed by atoms with E-state index in [1.54, 1.807) is 13.0 Å². The van der Waals surface area contributed by atoms with Crippen molar-refractivity contribution in [2.45, 2.75) is 71.1 Å². The van der Waals surface area contributed by atoms with Gasteiger partial charge in [0.05, 0.1) is 12.6 Å². The van der Waals surface area contributed by atoms with Crippen LogP contribution in [0.25, 0.3) is 0 Å². The van der Waals surface area contributed by atoms with E-state index in [9.17, 15) is 9.59 Å². The first-order chi connectivity index (χ1) is 9.81. The van der Waals surface area contributed by atoms with Gasteiger partial charge in [-0.05, 0) is 59.0 Å². The zero-order chi connectivity index (χ0) is 15.6. The standard InChI is InChI=1S/C16H25NO4/c1-5-20-14(18)10-11-6-7-12-8-9-13(11)17(12)15(19)21-16(2,3)4/h10,12-13H,5-9H2,1-4H3/b11-10+. The van der Waals surface area contributed by atoms with Crippen molar-refractivity contribution in [3.05, 3.63) is 11.6 Å². The van der Waals surface area contributed by atoms with Gasteiger partial charge in [0.25, 0.3) is 0 Å². The van der Waals surface area contributed by atoms with Gasteiger partial charge < -0.3 is 9.47 Å². The number of hydrogen-bond donors (Lipinski definition) is 0. The Morgan fingerprint density at radius 3 is 2.62 bits per heavy atom. The minimum Gasteiger partial charge on any atom is -0.463 e. The number of nitrogens with zero attached hydrogens (tertiary/aromatic N) is 1. The summed E-state index contributed by atoms with van der Waals surface area (Å²) >= 11 is 0. The molecule has 2 aliphatic heterocycles. The van der Waals surface area contributed by atoms with Gasteiger partial charge in [-0.15, -0.1) is 0 Å². The Kier molecular flexibility index (Phi) is 4.59. The Morgan fingerprint density at radius 2 is 2.00 bits per heavy atom. The van der Waals surface area contributed by atoms with Crippen LogP contribution < -0.4 is 0 Å². The summed E-state index contributed by atoms with van der Waals surface area (Å²) in [4.78, 5) is 25.9. The van der Waals surface area contributed by atoms with Crippen LogP contribution >= 0.6 is 0 Å². The van der Waals surface area contributed by atoms with E-state index in [1.165, 1.54) is 0 Å². The van der Waals surface area contributed by atoms with E-state index < -0.39 is 5.60 Å². The average molecular weight is 295 g/mol. The number of ether oxygens (including phenoxy) is 2. The van der Waals surface area contributed by atoms with Crippen LogP contribution in [-0.2, 0) is 14.3 Å². The predicted octanol–water partition coefficient (Wildman–Crippen LogP) is 3.04. The van der Waals surface area contributed by atoms with E-state index in [0.717, 1.165) is 31.3 Å². The molecule has 2 aliphatic rings. The minimum atomic E-state index is -0.501. The van der Waals surface area contributed by atoms with Gasteiger partial charge in [0.1, 0.15) is 5.60 Å². The Bertz CT molecular complexity index is 450. The predicted molar refractivity (Wildman–Crippen MR) is 78.8 cm³/mol. The SMILES string of the molecule is CCOC(=O)/C=C1\CCC2CCC1N2C(=O)OC(C)(C)C. The summed E-state index contributed by atoms with van der Waals surface area (Å²) in [6.45, 7) is 7.76. The summed E-state index contributed by atoms with van der Waals surface area (Å²) in [6.07, 6.45) is 4.91. The summed E-state index contributed by atoms with van der Waals surface area (Å²) in [5.41, 5.74) is 0.493. The molecule has 5 heteroatoms. The van der Waals surface area contributed by atoms with E-state index in [1.807, 2.05) is 25.7 Å². The van der Waals surface area contributed by atoms with Crippen molar-refractivity contribution < 1.29 is 19.1 Å². The third-order valence-corrected chi connectivity index (χ3v) is 3.89. The van der Waals surface area contributed by atoms with Gasteiger partial charge in [-0.25, -0.2) is 9.59 Å². The molecule has 0 saturated carbocycles. The summed E-state index contributed by atoms with van der Waals surface area (Å²) < 4.78 is 10.5. The maximum atomic E-state index is 12.4. The van der Waals surface area contributed by atoms with Gasteiger partial charge in [-0.1, -0.05) is 0 Å². The Hall–Kier alpha value is -1.52. The average Bonchev–Trinajstić information content (AvgIpc) is 2.67. The molecular formula is C16H25NO4. The summed E-state index contributed by atoms with van der Waals surface area (Å²) in [6, 6.07) is 0.229. The van der Waals surface area contributed by atoms with Gasteiger partial charge in [0.2, 0.25) is 0 Å². The number of esters is 1. The fourth-order valence-corrected chi connectivity index (χ4v) is 3.12. The molecule has 2 atom stereocenters. The van der Waals surface area contributed by atoms with Gasteiger partial charge >= 0.3 is 12.1 Å². The Morgan fingerprint density at radius 1 is 1.29 bits per heavy atom. The highest BCUT2D eigenvalue weighted by molar-refractivity contribution is 5.83. The van der Waals surface area contributed by atoms with Crippen molar-refractivity contribution in [2.24, 2.45) is 0 Å². The molecule has 0 radical (unpaired) electrons. The smallest absolute Gasteiger partial charge is 0.411 e. The maximum absolute atomic E-state index is 12.4. The largest absolute Gasteiger partial charge is 0.463 e. The highest BCUT2D eigenvalue weighted by Gasteiger charge is 2.44. The Labute approximate surface area is 126 Å². The topological polar surface area (TPSA) is 55.8 Å². The fourth-order valence-electron chi connectivity index (χ4n) is 3.12. The molecule has 0 spiro atoms. The van der Waals surface area contributed by atoms with Crippen molar-refractivity contribution in [3.8, 4) is 0 Å². The molecule has 0 aromatic carbocycles. The highest BCUT2D eigenvalue weighted by Crippen LogP contribution is 2.39. The number of carbonyl (C=O) groups is 2. The van der Waals surface area contributed by atoms with Gasteiger partial charge in [0, 0.05) is 12.1 Å². The number of hydrogen-bond acceptors (Lipinski definition) is 4. The minimum absolute atomic E-state index is 0.0111. The first-order valence-electron chi connectivity index (χ1n) is 7.70. The van der Waals surface area contributed by atoms with Crippen molar-refractivity contribution in [3.63, 3.8) is 0 Å². The van der Waals surface area contributed by atoms with Crippen LogP contribution in [0.15, 0.2) is 11.6 Å². The van der Waals surface area contributed by atoms with Crippen molar-refractivity contribution >= 4 is 12.1 Å². The molecule has 0 N–H and O–H groups in total. The lowest BCUT2D eigenvalue weighted by molar-refractivity contribution is -0.137. The molecular weight excluding hydrogens is 270 g/mol. The number of amides is 1. The van der Waals surface area contributed by atoms with E-state index >= 15 is 0 Å². The Balaban J connectivity index is 2.13. The van der Waals surface area contributed by atoms with Crippen LogP contribution in [-0.4, -0.2) is 41.3 Å². The first-order valence-corrected chi connectivity index (χ1v) is 7.70. The van der Waals surface area contributed by atoms with Crippen molar-refractivity contribution in [1.29, 1.82) is 0 Å². The van der Waals surface area contributed by atoms with Gasteiger partial charge in [0.15, 0.2) is 0 Å². The van der Waals surface area contributed by atoms with Crippen LogP contribution in [0.1, 0.15) is 53.4 Å². The molecule has 2 fully saturated rings. The fraction of sp³-hybridized carbons (Fsp3) is 0.750. The normalized spacial score (nSPS) is 26.9. The van der Waals surface area contributed by atoms with E-state index in [2.05, 4.69) is 0 Å². The molecule has 2 saturated heterocycles. The van der Waals surface area contributed by atoms with Crippen LogP contribution in [0.5, 0.6) is 0 Å². The molecule has 0 aromatic rings. The molecule has 118 valence electrons. The lowest BCUT2D eigenvalue weighted by Gasteiger charge is -2.37. The molecule has 1 amide bonds. The van der Waals surface area contributed by atoms with Gasteiger partial charge in [-0.3, -0.25) is 4.90 Å².